The van der Waals surface area contributed by atoms with Crippen LogP contribution in [0.4, 0.5) is 5.69 Å². The number of carboxylic acid groups (broad SMARTS) is 1. The summed E-state index contributed by atoms with van der Waals surface area (Å²) in [5.41, 5.74) is 1.78. The monoisotopic (exact) mass is 278 g/mol. The third kappa shape index (κ3) is 2.94. The highest BCUT2D eigenvalue weighted by Gasteiger charge is 2.21. The van der Waals surface area contributed by atoms with Crippen LogP contribution in [-0.2, 0) is 16.0 Å². The summed E-state index contributed by atoms with van der Waals surface area (Å²) >= 11 is 0. The number of aliphatic carboxylic acids is 1. The van der Waals surface area contributed by atoms with Gasteiger partial charge >= 0.3 is 5.97 Å². The first-order valence-corrected chi connectivity index (χ1v) is 6.08. The van der Waals surface area contributed by atoms with Crippen molar-refractivity contribution >= 4 is 23.5 Å². The van der Waals surface area contributed by atoms with Crippen molar-refractivity contribution in [3.05, 3.63) is 29.3 Å². The third-order valence-electron chi connectivity index (χ3n) is 3.05. The second-order valence-electron chi connectivity index (χ2n) is 4.47. The van der Waals surface area contributed by atoms with Gasteiger partial charge in [-0.2, -0.15) is 0 Å². The highest BCUT2D eigenvalue weighted by Crippen LogP contribution is 2.23. The number of aryl methyl sites for hydroxylation is 1. The molecule has 2 rings (SSSR count). The van der Waals surface area contributed by atoms with E-state index in [0.717, 1.165) is 5.56 Å². The minimum absolute atomic E-state index is 0.0686. The SMILES string of the molecule is O=C1CCc2cc(C(=O)N[C@H](CO)C(=O)O)ccc2N1. The van der Waals surface area contributed by atoms with Crippen LogP contribution < -0.4 is 10.6 Å². The lowest BCUT2D eigenvalue weighted by molar-refractivity contribution is -0.140. The van der Waals surface area contributed by atoms with Crippen LogP contribution in [0.1, 0.15) is 22.3 Å². The first kappa shape index (κ1) is 14.0. The van der Waals surface area contributed by atoms with Gasteiger partial charge in [0.25, 0.3) is 5.91 Å². The Hall–Kier alpha value is -2.41. The Morgan fingerprint density at radius 3 is 2.75 bits per heavy atom. The molecule has 1 atom stereocenters. The third-order valence-corrected chi connectivity index (χ3v) is 3.05. The standard InChI is InChI=1S/C13H14N2O5/c16-6-10(13(19)20)15-12(18)8-1-3-9-7(5-8)2-4-11(17)14-9/h1,3,5,10,16H,2,4,6H2,(H,14,17)(H,15,18)(H,19,20)/t10-/m1/s1. The van der Waals surface area contributed by atoms with Gasteiger partial charge in [-0.05, 0) is 30.2 Å². The molecule has 0 fully saturated rings. The number of anilines is 1. The summed E-state index contributed by atoms with van der Waals surface area (Å²) in [5, 5.41) is 22.6. The average molecular weight is 278 g/mol. The first-order chi connectivity index (χ1) is 9.51. The van der Waals surface area contributed by atoms with Gasteiger partial charge in [0.1, 0.15) is 0 Å². The molecule has 0 bridgehead atoms. The maximum absolute atomic E-state index is 11.9. The van der Waals surface area contributed by atoms with E-state index >= 15 is 0 Å². The van der Waals surface area contributed by atoms with Crippen molar-refractivity contribution in [1.82, 2.24) is 5.32 Å². The molecule has 4 N–H and O–H groups in total. The number of nitrogens with one attached hydrogen (secondary N) is 2. The van der Waals surface area contributed by atoms with Crippen LogP contribution in [0.3, 0.4) is 0 Å². The van der Waals surface area contributed by atoms with Gasteiger partial charge in [-0.25, -0.2) is 4.79 Å². The molecule has 0 radical (unpaired) electrons. The summed E-state index contributed by atoms with van der Waals surface area (Å²) in [5.74, 6) is -1.95. The topological polar surface area (TPSA) is 116 Å². The van der Waals surface area contributed by atoms with Crippen molar-refractivity contribution in [3.8, 4) is 0 Å². The number of fused-ring (bicyclic) bond motifs is 1. The summed E-state index contributed by atoms with van der Waals surface area (Å²) in [6.07, 6.45) is 0.886. The van der Waals surface area contributed by atoms with E-state index in [0.29, 0.717) is 24.1 Å². The molecule has 2 amide bonds. The number of rotatable bonds is 4. The minimum Gasteiger partial charge on any atom is -0.480 e. The number of amides is 2. The van der Waals surface area contributed by atoms with E-state index in [1.807, 2.05) is 0 Å². The van der Waals surface area contributed by atoms with Gasteiger partial charge in [0.05, 0.1) is 6.61 Å². The zero-order valence-electron chi connectivity index (χ0n) is 10.5. The number of aliphatic hydroxyl groups is 1. The Kier molecular flexibility index (Phi) is 3.99. The fraction of sp³-hybridized carbons (Fsp3) is 0.308. The lowest BCUT2D eigenvalue weighted by atomic mass is 10.00. The molecule has 1 aromatic carbocycles. The summed E-state index contributed by atoms with van der Waals surface area (Å²) in [6.45, 7) is -0.679. The van der Waals surface area contributed by atoms with Gasteiger partial charge in [-0.3, -0.25) is 9.59 Å². The quantitative estimate of drug-likeness (QED) is 0.606. The summed E-state index contributed by atoms with van der Waals surface area (Å²) in [6, 6.07) is 3.38. The lowest BCUT2D eigenvalue weighted by Crippen LogP contribution is -2.43. The molecule has 1 heterocycles. The maximum Gasteiger partial charge on any atom is 0.328 e. The van der Waals surface area contributed by atoms with Crippen molar-refractivity contribution in [1.29, 1.82) is 0 Å². The zero-order chi connectivity index (χ0) is 14.7. The normalized spacial score (nSPS) is 14.9. The Bertz CT molecular complexity index is 570. The van der Waals surface area contributed by atoms with E-state index in [1.165, 1.54) is 6.07 Å². The molecule has 1 aromatic rings. The number of carbonyl (C=O) groups excluding carboxylic acids is 2. The van der Waals surface area contributed by atoms with Crippen molar-refractivity contribution in [2.45, 2.75) is 18.9 Å². The van der Waals surface area contributed by atoms with Crippen molar-refractivity contribution < 1.29 is 24.6 Å². The van der Waals surface area contributed by atoms with Crippen LogP contribution in [0.5, 0.6) is 0 Å². The first-order valence-electron chi connectivity index (χ1n) is 6.08. The molecule has 0 aliphatic carbocycles. The molecular weight excluding hydrogens is 264 g/mol. The van der Waals surface area contributed by atoms with Gasteiger partial charge in [-0.15, -0.1) is 0 Å². The number of aliphatic hydroxyl groups excluding tert-OH is 1. The van der Waals surface area contributed by atoms with Crippen molar-refractivity contribution in [2.24, 2.45) is 0 Å². The van der Waals surface area contributed by atoms with Crippen LogP contribution >= 0.6 is 0 Å². The largest absolute Gasteiger partial charge is 0.480 e. The molecule has 0 spiro atoms. The maximum atomic E-state index is 11.9. The molecule has 0 saturated carbocycles. The Labute approximate surface area is 114 Å². The smallest absolute Gasteiger partial charge is 0.328 e. The molecule has 1 aliphatic rings. The molecule has 7 nitrogen and oxygen atoms in total. The van der Waals surface area contributed by atoms with Crippen LogP contribution in [0.2, 0.25) is 0 Å². The second-order valence-corrected chi connectivity index (χ2v) is 4.47. The van der Waals surface area contributed by atoms with Gasteiger partial charge < -0.3 is 20.8 Å². The van der Waals surface area contributed by atoms with Crippen LogP contribution in [0, 0.1) is 0 Å². The van der Waals surface area contributed by atoms with Crippen LogP contribution in [0.25, 0.3) is 0 Å². The molecule has 106 valence electrons. The molecule has 7 heteroatoms. The van der Waals surface area contributed by atoms with E-state index in [1.54, 1.807) is 12.1 Å². The minimum atomic E-state index is -1.33. The molecule has 0 aromatic heterocycles. The van der Waals surface area contributed by atoms with E-state index in [4.69, 9.17) is 10.2 Å². The highest BCUT2D eigenvalue weighted by atomic mass is 16.4. The molecule has 1 aliphatic heterocycles. The lowest BCUT2D eigenvalue weighted by Gasteiger charge is -2.18. The summed E-state index contributed by atoms with van der Waals surface area (Å²) in [4.78, 5) is 33.9. The Balaban J connectivity index is 2.15. The number of benzene rings is 1. The van der Waals surface area contributed by atoms with Gasteiger partial charge in [0, 0.05) is 17.7 Å². The van der Waals surface area contributed by atoms with Gasteiger partial charge in [-0.1, -0.05) is 0 Å². The van der Waals surface area contributed by atoms with Crippen LogP contribution in [-0.4, -0.2) is 40.6 Å². The van der Waals surface area contributed by atoms with Crippen molar-refractivity contribution in [3.63, 3.8) is 0 Å². The number of carbonyl (C=O) groups is 3. The fourth-order valence-electron chi connectivity index (χ4n) is 1.95. The Morgan fingerprint density at radius 2 is 2.10 bits per heavy atom. The zero-order valence-corrected chi connectivity index (χ0v) is 10.5. The predicted molar refractivity (Wildman–Crippen MR) is 69.4 cm³/mol. The highest BCUT2D eigenvalue weighted by molar-refractivity contribution is 5.99. The summed E-state index contributed by atoms with van der Waals surface area (Å²) in [7, 11) is 0. The fourth-order valence-corrected chi connectivity index (χ4v) is 1.95. The number of hydrogen-bond acceptors (Lipinski definition) is 4. The number of hydrogen-bond donors (Lipinski definition) is 4. The van der Waals surface area contributed by atoms with E-state index in [9.17, 15) is 14.4 Å². The van der Waals surface area contributed by atoms with Crippen LogP contribution in [0.15, 0.2) is 18.2 Å². The molecular formula is C13H14N2O5. The Morgan fingerprint density at radius 1 is 1.35 bits per heavy atom. The molecule has 0 saturated heterocycles. The van der Waals surface area contributed by atoms with E-state index in [2.05, 4.69) is 10.6 Å². The molecule has 0 unspecified atom stereocenters. The summed E-state index contributed by atoms with van der Waals surface area (Å²) < 4.78 is 0. The molecule has 20 heavy (non-hydrogen) atoms. The second kappa shape index (κ2) is 5.70. The predicted octanol–water partition coefficient (Wildman–Crippen LogP) is -0.253. The average Bonchev–Trinajstić information content (AvgIpc) is 2.43. The van der Waals surface area contributed by atoms with E-state index < -0.39 is 24.5 Å². The van der Waals surface area contributed by atoms with Crippen molar-refractivity contribution in [2.75, 3.05) is 11.9 Å². The number of carboxylic acids is 1. The van der Waals surface area contributed by atoms with Gasteiger partial charge in [0.2, 0.25) is 5.91 Å². The van der Waals surface area contributed by atoms with Gasteiger partial charge in [0.15, 0.2) is 6.04 Å². The van der Waals surface area contributed by atoms with E-state index in [-0.39, 0.29) is 5.91 Å².